The number of rotatable bonds is 19. The highest BCUT2D eigenvalue weighted by molar-refractivity contribution is 5.40. The number of benzene rings is 1. The zero-order valence-electron chi connectivity index (χ0n) is 18.8. The number of hydrogen-bond donors (Lipinski definition) is 1. The normalized spacial score (nSPS) is 11.1. The van der Waals surface area contributed by atoms with Gasteiger partial charge in [0.25, 0.3) is 0 Å². The van der Waals surface area contributed by atoms with E-state index in [0.717, 1.165) is 18.6 Å². The maximum absolute atomic E-state index is 9.14. The Labute approximate surface area is 175 Å². The number of ether oxygens (including phenoxy) is 1. The molecule has 0 aliphatic carbocycles. The van der Waals surface area contributed by atoms with Crippen LogP contribution in [0.25, 0.3) is 0 Å². The van der Waals surface area contributed by atoms with Gasteiger partial charge in [0.1, 0.15) is 12.4 Å². The van der Waals surface area contributed by atoms with Crippen LogP contribution in [0.2, 0.25) is 0 Å². The Morgan fingerprint density at radius 1 is 0.679 bits per heavy atom. The average Bonchev–Trinajstić information content (AvgIpc) is 2.71. The van der Waals surface area contributed by atoms with Crippen LogP contribution >= 0.6 is 0 Å². The summed E-state index contributed by atoms with van der Waals surface area (Å²) in [5.41, 5.74) is 2.87. The molecule has 0 aromatic heterocycles. The summed E-state index contributed by atoms with van der Waals surface area (Å²) in [7, 11) is 0. The van der Waals surface area contributed by atoms with Crippen molar-refractivity contribution in [2.45, 2.75) is 117 Å². The molecule has 0 saturated heterocycles. The molecule has 0 aliphatic rings. The van der Waals surface area contributed by atoms with Gasteiger partial charge in [0.15, 0.2) is 0 Å². The summed E-state index contributed by atoms with van der Waals surface area (Å²) < 4.78 is 5.86. The summed E-state index contributed by atoms with van der Waals surface area (Å²) in [6, 6.07) is 6.50. The molecular weight excluding hydrogens is 344 g/mol. The van der Waals surface area contributed by atoms with Crippen molar-refractivity contribution in [1.29, 1.82) is 0 Å². The van der Waals surface area contributed by atoms with E-state index in [1.807, 2.05) is 0 Å². The van der Waals surface area contributed by atoms with Crippen molar-refractivity contribution in [3.63, 3.8) is 0 Å². The summed E-state index contributed by atoms with van der Waals surface area (Å²) in [5.74, 6) is 1.00. The first-order valence-corrected chi connectivity index (χ1v) is 12.2. The van der Waals surface area contributed by atoms with Crippen molar-refractivity contribution >= 4 is 0 Å². The largest absolute Gasteiger partial charge is 0.491 e. The fraction of sp³-hybridized carbons (Fsp3) is 0.769. The summed E-state index contributed by atoms with van der Waals surface area (Å²) in [5, 5.41) is 9.14. The van der Waals surface area contributed by atoms with E-state index in [4.69, 9.17) is 9.84 Å². The van der Waals surface area contributed by atoms with Crippen LogP contribution in [0.15, 0.2) is 18.2 Å². The van der Waals surface area contributed by atoms with Crippen LogP contribution in [-0.2, 0) is 12.8 Å². The maximum atomic E-state index is 9.14. The average molecular weight is 391 g/mol. The number of hydrogen-bond acceptors (Lipinski definition) is 2. The molecular formula is C26H46O2. The first-order valence-electron chi connectivity index (χ1n) is 12.2. The third-order valence-corrected chi connectivity index (χ3v) is 5.66. The van der Waals surface area contributed by atoms with Gasteiger partial charge in [0.2, 0.25) is 0 Å². The lowest BCUT2D eigenvalue weighted by Crippen LogP contribution is -2.06. The van der Waals surface area contributed by atoms with E-state index >= 15 is 0 Å². The van der Waals surface area contributed by atoms with Gasteiger partial charge in [-0.1, -0.05) is 103 Å². The summed E-state index contributed by atoms with van der Waals surface area (Å²) in [4.78, 5) is 0. The molecule has 0 bridgehead atoms. The van der Waals surface area contributed by atoms with Crippen molar-refractivity contribution in [1.82, 2.24) is 0 Å². The monoisotopic (exact) mass is 390 g/mol. The minimum absolute atomic E-state index is 0.0822. The fourth-order valence-corrected chi connectivity index (χ4v) is 3.95. The highest BCUT2D eigenvalue weighted by Gasteiger charge is 2.10. The van der Waals surface area contributed by atoms with Crippen molar-refractivity contribution in [2.75, 3.05) is 13.2 Å². The van der Waals surface area contributed by atoms with Crippen LogP contribution in [0.5, 0.6) is 5.75 Å². The SMILES string of the molecule is CCCCCCCCCc1cccc(OCCO)c1CCCCCCCCC. The molecule has 28 heavy (non-hydrogen) atoms. The minimum Gasteiger partial charge on any atom is -0.491 e. The van der Waals surface area contributed by atoms with E-state index in [9.17, 15) is 0 Å². The smallest absolute Gasteiger partial charge is 0.122 e. The number of aryl methyl sites for hydroxylation is 1. The molecule has 2 heteroatoms. The van der Waals surface area contributed by atoms with Crippen LogP contribution in [0, 0.1) is 0 Å². The molecule has 0 saturated carbocycles. The van der Waals surface area contributed by atoms with Gasteiger partial charge in [0.05, 0.1) is 6.61 Å². The van der Waals surface area contributed by atoms with Crippen molar-refractivity contribution in [2.24, 2.45) is 0 Å². The van der Waals surface area contributed by atoms with Crippen molar-refractivity contribution in [3.8, 4) is 5.75 Å². The molecule has 0 unspecified atom stereocenters. The van der Waals surface area contributed by atoms with E-state index in [1.165, 1.54) is 101 Å². The lowest BCUT2D eigenvalue weighted by atomic mass is 9.95. The van der Waals surface area contributed by atoms with Crippen LogP contribution < -0.4 is 4.74 Å². The molecule has 1 aromatic carbocycles. The third kappa shape index (κ3) is 11.7. The first-order chi connectivity index (χ1) is 13.8. The van der Waals surface area contributed by atoms with Gasteiger partial charge < -0.3 is 9.84 Å². The van der Waals surface area contributed by atoms with Gasteiger partial charge in [-0.25, -0.2) is 0 Å². The standard InChI is InChI=1S/C26H46O2/c1-3-5-7-9-11-13-15-18-24-19-17-21-26(28-23-22-27)25(24)20-16-14-12-10-8-6-4-2/h17,19,21,27H,3-16,18,20,22-23H2,1-2H3. The Balaban J connectivity index is 2.47. The van der Waals surface area contributed by atoms with Crippen LogP contribution in [0.4, 0.5) is 0 Å². The molecule has 0 fully saturated rings. The summed E-state index contributed by atoms with van der Waals surface area (Å²) in [6.45, 7) is 5.03. The molecule has 0 amide bonds. The number of aliphatic hydroxyl groups excluding tert-OH is 1. The quantitative estimate of drug-likeness (QED) is 0.246. The summed E-state index contributed by atoms with van der Waals surface area (Å²) >= 11 is 0. The van der Waals surface area contributed by atoms with Gasteiger partial charge in [-0.2, -0.15) is 0 Å². The van der Waals surface area contributed by atoms with Crippen LogP contribution in [0.3, 0.4) is 0 Å². The highest BCUT2D eigenvalue weighted by atomic mass is 16.5. The van der Waals surface area contributed by atoms with Gasteiger partial charge >= 0.3 is 0 Å². The molecule has 0 heterocycles. The third-order valence-electron chi connectivity index (χ3n) is 5.66. The Morgan fingerprint density at radius 2 is 1.21 bits per heavy atom. The second kappa shape index (κ2) is 18.0. The predicted octanol–water partition coefficient (Wildman–Crippen LogP) is 7.64. The molecule has 1 aromatic rings. The number of unbranched alkanes of at least 4 members (excludes halogenated alkanes) is 12. The van der Waals surface area contributed by atoms with Crippen LogP contribution in [-0.4, -0.2) is 18.3 Å². The van der Waals surface area contributed by atoms with E-state index in [2.05, 4.69) is 32.0 Å². The maximum Gasteiger partial charge on any atom is 0.122 e. The van der Waals surface area contributed by atoms with Crippen molar-refractivity contribution in [3.05, 3.63) is 29.3 Å². The van der Waals surface area contributed by atoms with Crippen molar-refractivity contribution < 1.29 is 9.84 Å². The van der Waals surface area contributed by atoms with Gasteiger partial charge in [-0.3, -0.25) is 0 Å². The minimum atomic E-state index is 0.0822. The predicted molar refractivity (Wildman–Crippen MR) is 122 cm³/mol. The van der Waals surface area contributed by atoms with Gasteiger partial charge in [-0.15, -0.1) is 0 Å². The molecule has 0 atom stereocenters. The molecule has 1 N–H and O–H groups in total. The lowest BCUT2D eigenvalue weighted by Gasteiger charge is -2.16. The Morgan fingerprint density at radius 3 is 1.79 bits per heavy atom. The van der Waals surface area contributed by atoms with E-state index < -0.39 is 0 Å². The van der Waals surface area contributed by atoms with Gasteiger partial charge in [-0.05, 0) is 42.9 Å². The van der Waals surface area contributed by atoms with E-state index in [1.54, 1.807) is 0 Å². The zero-order chi connectivity index (χ0) is 20.3. The Kier molecular flexibility index (Phi) is 16.1. The first kappa shape index (κ1) is 25.0. The second-order valence-electron chi connectivity index (χ2n) is 8.21. The zero-order valence-corrected chi connectivity index (χ0v) is 18.8. The Bertz CT molecular complexity index is 470. The molecule has 0 spiro atoms. The topological polar surface area (TPSA) is 29.5 Å². The molecule has 162 valence electrons. The highest BCUT2D eigenvalue weighted by Crippen LogP contribution is 2.27. The molecule has 2 nitrogen and oxygen atoms in total. The van der Waals surface area contributed by atoms with E-state index in [-0.39, 0.29) is 6.61 Å². The number of aliphatic hydroxyl groups is 1. The molecule has 1 rings (SSSR count). The molecule has 0 aliphatic heterocycles. The molecule has 0 radical (unpaired) electrons. The second-order valence-corrected chi connectivity index (χ2v) is 8.21. The summed E-state index contributed by atoms with van der Waals surface area (Å²) in [6.07, 6.45) is 21.1. The lowest BCUT2D eigenvalue weighted by molar-refractivity contribution is 0.200. The van der Waals surface area contributed by atoms with E-state index in [0.29, 0.717) is 6.61 Å². The van der Waals surface area contributed by atoms with Crippen LogP contribution in [0.1, 0.15) is 115 Å². The van der Waals surface area contributed by atoms with Gasteiger partial charge in [0, 0.05) is 0 Å². The Hall–Kier alpha value is -1.02. The fourth-order valence-electron chi connectivity index (χ4n) is 3.95.